The minimum Gasteiger partial charge on any atom is -0.259 e. The summed E-state index contributed by atoms with van der Waals surface area (Å²) >= 11 is 0. The van der Waals surface area contributed by atoms with Gasteiger partial charge in [-0.3, -0.25) is 4.21 Å². The van der Waals surface area contributed by atoms with E-state index in [1.54, 1.807) is 0 Å². The maximum Gasteiger partial charge on any atom is 0.0569 e. The van der Waals surface area contributed by atoms with Crippen molar-refractivity contribution >= 4 is 10.8 Å². The normalized spacial score (nSPS) is 32.5. The molecular weight excluding hydrogens is 120 g/mol. The van der Waals surface area contributed by atoms with Crippen molar-refractivity contribution < 1.29 is 4.21 Å². The number of hydrogen-bond acceptors (Lipinski definition) is 1. The maximum atomic E-state index is 10.8. The average molecular weight is 132 g/mol. The van der Waals surface area contributed by atoms with Crippen LogP contribution in [0.1, 0.15) is 26.7 Å². The summed E-state index contributed by atoms with van der Waals surface area (Å²) < 4.78 is 11.0. The van der Waals surface area contributed by atoms with Crippen molar-refractivity contribution in [3.8, 4) is 0 Å². The lowest BCUT2D eigenvalue weighted by Gasteiger charge is -2.01. The van der Waals surface area contributed by atoms with Gasteiger partial charge in [-0.25, -0.2) is 0 Å². The Balaban J connectivity index is 2.52. The molecule has 1 fully saturated rings. The number of hydrogen-bond donors (Lipinski definition) is 0. The highest BCUT2D eigenvalue weighted by Gasteiger charge is 2.48. The van der Waals surface area contributed by atoms with Gasteiger partial charge in [-0.1, -0.05) is 13.8 Å². The summed E-state index contributed by atoms with van der Waals surface area (Å²) in [5.41, 5.74) is 0. The van der Waals surface area contributed by atoms with Crippen molar-refractivity contribution in [2.45, 2.75) is 31.4 Å². The molecule has 0 aromatic heterocycles. The largest absolute Gasteiger partial charge is 0.259 e. The van der Waals surface area contributed by atoms with Gasteiger partial charge in [-0.2, -0.15) is 0 Å². The Kier molecular flexibility index (Phi) is 1.44. The van der Waals surface area contributed by atoms with E-state index < -0.39 is 10.8 Å². The fraction of sp³-hybridized carbons (Fsp3) is 1.00. The van der Waals surface area contributed by atoms with Gasteiger partial charge >= 0.3 is 0 Å². The molecule has 0 amide bonds. The Morgan fingerprint density at radius 2 is 1.88 bits per heavy atom. The molecule has 0 aromatic carbocycles. The Labute approximate surface area is 52.9 Å². The molecule has 0 aromatic rings. The van der Waals surface area contributed by atoms with Crippen molar-refractivity contribution in [1.82, 2.24) is 0 Å². The van der Waals surface area contributed by atoms with Gasteiger partial charge in [0.05, 0.1) is 4.75 Å². The third-order valence-electron chi connectivity index (χ3n) is 2.08. The van der Waals surface area contributed by atoms with Crippen molar-refractivity contribution in [3.05, 3.63) is 0 Å². The summed E-state index contributed by atoms with van der Waals surface area (Å²) in [5, 5.41) is 0. The summed E-state index contributed by atoms with van der Waals surface area (Å²) in [7, 11) is -0.458. The van der Waals surface area contributed by atoms with Crippen LogP contribution >= 0.6 is 0 Å². The second-order valence-corrected chi connectivity index (χ2v) is 4.23. The maximum absolute atomic E-state index is 10.8. The van der Waals surface area contributed by atoms with Crippen LogP contribution in [0.3, 0.4) is 0 Å². The average Bonchev–Trinajstić information content (AvgIpc) is 2.43. The molecule has 0 N–H and O–H groups in total. The first-order chi connectivity index (χ1) is 3.75. The summed E-state index contributed by atoms with van der Waals surface area (Å²) in [4.78, 5) is 0. The van der Waals surface area contributed by atoms with E-state index >= 15 is 0 Å². The van der Waals surface area contributed by atoms with Crippen molar-refractivity contribution in [2.75, 3.05) is 5.75 Å². The first-order valence-electron chi connectivity index (χ1n) is 3.13. The Morgan fingerprint density at radius 1 is 1.50 bits per heavy atom. The summed E-state index contributed by atoms with van der Waals surface area (Å²) in [6, 6.07) is 0. The van der Waals surface area contributed by atoms with Gasteiger partial charge < -0.3 is 0 Å². The molecule has 1 saturated heterocycles. The lowest BCUT2D eigenvalue weighted by atomic mass is 10.1. The molecule has 1 heterocycles. The van der Waals surface area contributed by atoms with Crippen LogP contribution in [-0.4, -0.2) is 14.7 Å². The monoisotopic (exact) mass is 132 g/mol. The molecule has 0 saturated carbocycles. The van der Waals surface area contributed by atoms with Gasteiger partial charge in [-0.05, 0) is 12.8 Å². The van der Waals surface area contributed by atoms with Crippen LogP contribution < -0.4 is 0 Å². The van der Waals surface area contributed by atoms with Gasteiger partial charge in [0.25, 0.3) is 0 Å². The zero-order valence-corrected chi connectivity index (χ0v) is 6.25. The van der Waals surface area contributed by atoms with E-state index in [4.69, 9.17) is 0 Å². The standard InChI is InChI=1S/C6H12OS/c1-3-6(4-2)5-8(6)7/h3-5H2,1-2H3. The second kappa shape index (κ2) is 1.83. The van der Waals surface area contributed by atoms with Gasteiger partial charge in [0.2, 0.25) is 0 Å². The van der Waals surface area contributed by atoms with Crippen LogP contribution in [0.2, 0.25) is 0 Å². The van der Waals surface area contributed by atoms with Gasteiger partial charge in [0.1, 0.15) is 0 Å². The quantitative estimate of drug-likeness (QED) is 0.518. The first kappa shape index (κ1) is 6.27. The van der Waals surface area contributed by atoms with Crippen LogP contribution in [0.15, 0.2) is 0 Å². The van der Waals surface area contributed by atoms with E-state index in [0.717, 1.165) is 18.6 Å². The molecule has 1 aliphatic heterocycles. The van der Waals surface area contributed by atoms with Gasteiger partial charge in [-0.15, -0.1) is 0 Å². The zero-order valence-electron chi connectivity index (χ0n) is 5.44. The molecule has 0 radical (unpaired) electrons. The molecule has 2 heteroatoms. The molecule has 0 aliphatic carbocycles. The fourth-order valence-electron chi connectivity index (χ4n) is 0.986. The molecule has 48 valence electrons. The van der Waals surface area contributed by atoms with Crippen LogP contribution in [0.5, 0.6) is 0 Å². The topological polar surface area (TPSA) is 17.1 Å². The molecular formula is C6H12OS. The minimum atomic E-state index is -0.458. The minimum absolute atomic E-state index is 0.264. The molecule has 8 heavy (non-hydrogen) atoms. The smallest absolute Gasteiger partial charge is 0.0569 e. The van der Waals surface area contributed by atoms with Crippen molar-refractivity contribution in [1.29, 1.82) is 0 Å². The van der Waals surface area contributed by atoms with Crippen LogP contribution in [0.4, 0.5) is 0 Å². The molecule has 1 nitrogen and oxygen atoms in total. The van der Waals surface area contributed by atoms with Gasteiger partial charge in [0.15, 0.2) is 0 Å². The lowest BCUT2D eigenvalue weighted by Crippen LogP contribution is -2.06. The molecule has 0 spiro atoms. The van der Waals surface area contributed by atoms with E-state index in [0.29, 0.717) is 0 Å². The summed E-state index contributed by atoms with van der Waals surface area (Å²) in [6.45, 7) is 4.24. The Bertz CT molecular complexity index is 116. The van der Waals surface area contributed by atoms with E-state index in [-0.39, 0.29) is 4.75 Å². The molecule has 1 unspecified atom stereocenters. The van der Waals surface area contributed by atoms with Gasteiger partial charge in [0, 0.05) is 16.6 Å². The Hall–Kier alpha value is 0.150. The Morgan fingerprint density at radius 3 is 1.88 bits per heavy atom. The van der Waals surface area contributed by atoms with Crippen LogP contribution in [0.25, 0.3) is 0 Å². The third-order valence-corrected chi connectivity index (χ3v) is 4.23. The van der Waals surface area contributed by atoms with E-state index in [1.807, 2.05) is 0 Å². The highest BCUT2D eigenvalue weighted by Crippen LogP contribution is 2.38. The molecule has 1 rings (SSSR count). The lowest BCUT2D eigenvalue weighted by molar-refractivity contribution is 0.642. The predicted octanol–water partition coefficient (Wildman–Crippen LogP) is 1.31. The highest BCUT2D eigenvalue weighted by atomic mass is 32.2. The molecule has 1 aliphatic rings. The SMILES string of the molecule is CCC1(CC)CS1=O. The van der Waals surface area contributed by atoms with Crippen molar-refractivity contribution in [2.24, 2.45) is 0 Å². The van der Waals surface area contributed by atoms with E-state index in [9.17, 15) is 4.21 Å². The second-order valence-electron chi connectivity index (χ2n) is 2.38. The summed E-state index contributed by atoms with van der Waals surface area (Å²) in [5.74, 6) is 0.958. The molecule has 1 atom stereocenters. The fourth-order valence-corrected chi connectivity index (χ4v) is 2.60. The van der Waals surface area contributed by atoms with E-state index in [2.05, 4.69) is 13.8 Å². The first-order valence-corrected chi connectivity index (χ1v) is 4.45. The van der Waals surface area contributed by atoms with E-state index in [1.165, 1.54) is 0 Å². The zero-order chi connectivity index (χ0) is 6.20. The van der Waals surface area contributed by atoms with Crippen LogP contribution in [-0.2, 0) is 10.8 Å². The third kappa shape index (κ3) is 0.711. The van der Waals surface area contributed by atoms with Crippen LogP contribution in [0, 0.1) is 0 Å². The summed E-state index contributed by atoms with van der Waals surface area (Å²) in [6.07, 6.45) is 2.19. The highest BCUT2D eigenvalue weighted by molar-refractivity contribution is 7.94. The molecule has 0 bridgehead atoms. The number of rotatable bonds is 2. The van der Waals surface area contributed by atoms with Crippen molar-refractivity contribution in [3.63, 3.8) is 0 Å². The predicted molar refractivity (Wildman–Crippen MR) is 36.3 cm³/mol.